The van der Waals surface area contributed by atoms with E-state index < -0.39 is 0 Å². The Labute approximate surface area is 140 Å². The normalized spacial score (nSPS) is 11.8. The molecular formula is C18H19ClN2S. The van der Waals surface area contributed by atoms with Gasteiger partial charge in [-0.2, -0.15) is 0 Å². The minimum absolute atomic E-state index is 0.177. The van der Waals surface area contributed by atoms with Gasteiger partial charge >= 0.3 is 0 Å². The molecule has 0 saturated carbocycles. The van der Waals surface area contributed by atoms with E-state index in [1.54, 1.807) is 11.3 Å². The number of anilines is 2. The lowest BCUT2D eigenvalue weighted by Gasteiger charge is -2.31. The van der Waals surface area contributed by atoms with Crippen LogP contribution < -0.4 is 4.90 Å². The molecular weight excluding hydrogens is 312 g/mol. The molecule has 0 aliphatic carbocycles. The van der Waals surface area contributed by atoms with Crippen LogP contribution in [-0.4, -0.2) is 11.5 Å². The van der Waals surface area contributed by atoms with Crippen molar-refractivity contribution in [3.63, 3.8) is 0 Å². The number of thiophene rings is 1. The van der Waals surface area contributed by atoms with E-state index in [1.807, 2.05) is 24.5 Å². The van der Waals surface area contributed by atoms with Gasteiger partial charge in [0.05, 0.1) is 15.4 Å². The highest BCUT2D eigenvalue weighted by Crippen LogP contribution is 2.40. The van der Waals surface area contributed by atoms with E-state index in [4.69, 9.17) is 11.6 Å². The first-order valence-electron chi connectivity index (χ1n) is 7.29. The zero-order valence-electron chi connectivity index (χ0n) is 13.0. The summed E-state index contributed by atoms with van der Waals surface area (Å²) < 4.78 is 1.15. The summed E-state index contributed by atoms with van der Waals surface area (Å²) in [5, 5.41) is 4.22. The molecule has 0 spiro atoms. The van der Waals surface area contributed by atoms with Gasteiger partial charge in [-0.05, 0) is 23.6 Å². The molecule has 1 aromatic carbocycles. The maximum Gasteiger partial charge on any atom is 0.0600 e. The van der Waals surface area contributed by atoms with E-state index in [0.717, 1.165) is 22.0 Å². The van der Waals surface area contributed by atoms with Crippen molar-refractivity contribution < 1.29 is 0 Å². The van der Waals surface area contributed by atoms with Gasteiger partial charge in [0.2, 0.25) is 0 Å². The fraction of sp³-hybridized carbons (Fsp3) is 0.278. The maximum absolute atomic E-state index is 6.34. The Morgan fingerprint density at radius 1 is 1.14 bits per heavy atom. The lowest BCUT2D eigenvalue weighted by molar-refractivity contribution is 0.425. The zero-order valence-corrected chi connectivity index (χ0v) is 14.6. The highest BCUT2D eigenvalue weighted by Gasteiger charge is 2.21. The third-order valence-corrected chi connectivity index (χ3v) is 4.87. The average Bonchev–Trinajstić information content (AvgIpc) is 2.90. The number of aromatic nitrogens is 1. The van der Waals surface area contributed by atoms with E-state index in [9.17, 15) is 0 Å². The number of benzene rings is 1. The topological polar surface area (TPSA) is 16.1 Å². The molecule has 0 aliphatic rings. The molecule has 0 atom stereocenters. The number of halogens is 1. The molecule has 2 nitrogen and oxygen atoms in total. The highest BCUT2D eigenvalue weighted by atomic mass is 35.5. The number of fused-ring (bicyclic) bond motifs is 1. The van der Waals surface area contributed by atoms with Crippen molar-refractivity contribution >= 4 is 44.4 Å². The van der Waals surface area contributed by atoms with Crippen LogP contribution in [0.1, 0.15) is 20.8 Å². The number of rotatable bonds is 3. The maximum atomic E-state index is 6.34. The van der Waals surface area contributed by atoms with Crippen LogP contribution in [0, 0.1) is 5.41 Å². The average molecular weight is 331 g/mol. The monoisotopic (exact) mass is 330 g/mol. The van der Waals surface area contributed by atoms with Gasteiger partial charge in [0, 0.05) is 35.4 Å². The van der Waals surface area contributed by atoms with Crippen molar-refractivity contribution in [1.29, 1.82) is 0 Å². The summed E-state index contributed by atoms with van der Waals surface area (Å²) in [6, 6.07) is 10.2. The van der Waals surface area contributed by atoms with Crippen LogP contribution in [-0.2, 0) is 0 Å². The number of pyridine rings is 1. The molecule has 22 heavy (non-hydrogen) atoms. The predicted octanol–water partition coefficient (Wildman–Crippen LogP) is 6.13. The summed E-state index contributed by atoms with van der Waals surface area (Å²) in [7, 11) is 0. The van der Waals surface area contributed by atoms with Gasteiger partial charge in [-0.3, -0.25) is 4.98 Å². The molecule has 2 heterocycles. The zero-order chi connectivity index (χ0) is 15.7. The Hall–Kier alpha value is -1.58. The largest absolute Gasteiger partial charge is 0.340 e. The quantitative estimate of drug-likeness (QED) is 0.574. The summed E-state index contributed by atoms with van der Waals surface area (Å²) in [6.45, 7) is 7.68. The lowest BCUT2D eigenvalue weighted by Crippen LogP contribution is -2.28. The molecule has 0 aliphatic heterocycles. The third-order valence-electron chi connectivity index (χ3n) is 3.43. The van der Waals surface area contributed by atoms with Crippen LogP contribution in [0.5, 0.6) is 0 Å². The van der Waals surface area contributed by atoms with Crippen molar-refractivity contribution in [1.82, 2.24) is 4.98 Å². The first-order valence-corrected chi connectivity index (χ1v) is 8.55. The minimum Gasteiger partial charge on any atom is -0.340 e. The van der Waals surface area contributed by atoms with Crippen molar-refractivity contribution in [2.24, 2.45) is 5.41 Å². The third kappa shape index (κ3) is 3.11. The molecule has 4 heteroatoms. The molecule has 3 rings (SSSR count). The van der Waals surface area contributed by atoms with Crippen molar-refractivity contribution in [2.75, 3.05) is 11.4 Å². The van der Waals surface area contributed by atoms with E-state index >= 15 is 0 Å². The molecule has 0 fully saturated rings. The minimum atomic E-state index is 0.177. The summed E-state index contributed by atoms with van der Waals surface area (Å²) in [5.41, 5.74) is 2.55. The summed E-state index contributed by atoms with van der Waals surface area (Å²) in [6.07, 6.45) is 3.68. The summed E-state index contributed by atoms with van der Waals surface area (Å²) >= 11 is 8.04. The Morgan fingerprint density at radius 3 is 2.55 bits per heavy atom. The van der Waals surface area contributed by atoms with E-state index in [-0.39, 0.29) is 5.41 Å². The first-order chi connectivity index (χ1) is 10.5. The molecule has 0 radical (unpaired) electrons. The molecule has 0 saturated heterocycles. The fourth-order valence-electron chi connectivity index (χ4n) is 2.53. The van der Waals surface area contributed by atoms with E-state index in [2.05, 4.69) is 54.2 Å². The van der Waals surface area contributed by atoms with Crippen LogP contribution in [0.4, 0.5) is 11.4 Å². The Kier molecular flexibility index (Phi) is 4.11. The summed E-state index contributed by atoms with van der Waals surface area (Å²) in [5.74, 6) is 0. The summed E-state index contributed by atoms with van der Waals surface area (Å²) in [4.78, 5) is 6.49. The number of hydrogen-bond donors (Lipinski definition) is 0. The number of nitrogens with zero attached hydrogens (tertiary/aromatic N) is 2. The smallest absolute Gasteiger partial charge is 0.0600 e. The first kappa shape index (κ1) is 15.3. The van der Waals surface area contributed by atoms with Crippen molar-refractivity contribution in [2.45, 2.75) is 20.8 Å². The van der Waals surface area contributed by atoms with Gasteiger partial charge in [-0.1, -0.05) is 44.5 Å². The van der Waals surface area contributed by atoms with Gasteiger partial charge < -0.3 is 4.90 Å². The molecule has 114 valence electrons. The van der Waals surface area contributed by atoms with E-state index in [0.29, 0.717) is 0 Å². The Bertz CT molecular complexity index is 775. The molecule has 0 N–H and O–H groups in total. The van der Waals surface area contributed by atoms with Gasteiger partial charge in [0.1, 0.15) is 0 Å². The molecule has 0 unspecified atom stereocenters. The van der Waals surface area contributed by atoms with Crippen LogP contribution in [0.15, 0.2) is 48.1 Å². The molecule has 0 bridgehead atoms. The molecule has 2 aromatic heterocycles. The van der Waals surface area contributed by atoms with E-state index in [1.165, 1.54) is 11.1 Å². The van der Waals surface area contributed by atoms with Gasteiger partial charge in [0.25, 0.3) is 0 Å². The predicted molar refractivity (Wildman–Crippen MR) is 97.5 cm³/mol. The standard InChI is InChI=1S/C18H19ClN2S/c1-18(2,3)12-21(13-7-9-20-10-8-13)16-11-22-17-14(16)5-4-6-15(17)19/h4-11H,12H2,1-3H3. The second-order valence-corrected chi connectivity index (χ2v) is 7.88. The lowest BCUT2D eigenvalue weighted by atomic mass is 9.95. The molecule has 3 aromatic rings. The van der Waals surface area contributed by atoms with Crippen LogP contribution in [0.3, 0.4) is 0 Å². The number of hydrogen-bond acceptors (Lipinski definition) is 3. The van der Waals surface area contributed by atoms with Gasteiger partial charge in [0.15, 0.2) is 0 Å². The van der Waals surface area contributed by atoms with Gasteiger partial charge in [-0.25, -0.2) is 0 Å². The second-order valence-electron chi connectivity index (χ2n) is 6.59. The fourth-order valence-corrected chi connectivity index (χ4v) is 3.80. The van der Waals surface area contributed by atoms with Crippen molar-refractivity contribution in [3.8, 4) is 0 Å². The van der Waals surface area contributed by atoms with Gasteiger partial charge in [-0.15, -0.1) is 11.3 Å². The Morgan fingerprint density at radius 2 is 1.86 bits per heavy atom. The Balaban J connectivity index is 2.14. The van der Waals surface area contributed by atoms with Crippen molar-refractivity contribution in [3.05, 3.63) is 53.1 Å². The molecule has 0 amide bonds. The SMILES string of the molecule is CC(C)(C)CN(c1ccncc1)c1csc2c(Cl)cccc12. The highest BCUT2D eigenvalue weighted by molar-refractivity contribution is 7.18. The van der Waals surface area contributed by atoms with Crippen LogP contribution >= 0.6 is 22.9 Å². The second kappa shape index (κ2) is 5.90. The van der Waals surface area contributed by atoms with Crippen LogP contribution in [0.2, 0.25) is 5.02 Å². The van der Waals surface area contributed by atoms with Crippen LogP contribution in [0.25, 0.3) is 10.1 Å².